The molecule has 140 valence electrons. The molecule has 6 heteroatoms. The van der Waals surface area contributed by atoms with Crippen molar-refractivity contribution < 1.29 is 23.0 Å². The predicted molar refractivity (Wildman–Crippen MR) is 96.6 cm³/mol. The first kappa shape index (κ1) is 23.4. The number of rotatable bonds is 8. The van der Waals surface area contributed by atoms with Crippen molar-refractivity contribution in [3.8, 4) is 0 Å². The third-order valence-electron chi connectivity index (χ3n) is 3.05. The normalized spacial score (nSPS) is 17.2. The summed E-state index contributed by atoms with van der Waals surface area (Å²) in [6, 6.07) is 7.36. The van der Waals surface area contributed by atoms with Crippen LogP contribution in [0.5, 0.6) is 0 Å². The van der Waals surface area contributed by atoms with Gasteiger partial charge in [0.25, 0.3) is 0 Å². The first-order valence-corrected chi connectivity index (χ1v) is 9.04. The van der Waals surface area contributed by atoms with E-state index in [4.69, 9.17) is 14.2 Å². The van der Waals surface area contributed by atoms with Crippen molar-refractivity contribution in [2.45, 2.75) is 71.5 Å². The molecule has 0 amide bonds. The van der Waals surface area contributed by atoms with E-state index >= 15 is 0 Å². The number of hydrogen-bond donors (Lipinski definition) is 0. The fourth-order valence-corrected chi connectivity index (χ4v) is 2.45. The van der Waals surface area contributed by atoms with Crippen LogP contribution in [-0.4, -0.2) is 24.3 Å². The summed E-state index contributed by atoms with van der Waals surface area (Å²) in [7, 11) is 0. The Balaban J connectivity index is 0.000000754. The van der Waals surface area contributed by atoms with Gasteiger partial charge in [-0.25, -0.2) is 8.78 Å². The highest BCUT2D eigenvalue weighted by Gasteiger charge is 2.18. The molecule has 0 bridgehead atoms. The monoisotopic (exact) mass is 410 g/mol. The maximum atomic E-state index is 12.9. The molecular formula is C18H29BrF2O3. The molecule has 3 nitrogen and oxygen atoms in total. The van der Waals surface area contributed by atoms with Crippen LogP contribution in [0, 0.1) is 0 Å². The first-order valence-electron chi connectivity index (χ1n) is 8.12. The molecule has 0 aromatic heterocycles. The zero-order valence-electron chi connectivity index (χ0n) is 15.3. The van der Waals surface area contributed by atoms with Gasteiger partial charge in [0.05, 0.1) is 12.2 Å². The van der Waals surface area contributed by atoms with Gasteiger partial charge in [0, 0.05) is 6.61 Å². The van der Waals surface area contributed by atoms with Gasteiger partial charge < -0.3 is 14.2 Å². The van der Waals surface area contributed by atoms with E-state index in [0.29, 0.717) is 0 Å². The van der Waals surface area contributed by atoms with Crippen molar-refractivity contribution in [1.29, 1.82) is 0 Å². The number of hydrogen-bond acceptors (Lipinski definition) is 3. The summed E-state index contributed by atoms with van der Waals surface area (Å²) in [5.74, 6) is 0. The Labute approximate surface area is 152 Å². The lowest BCUT2D eigenvalue weighted by Crippen LogP contribution is -2.12. The summed E-state index contributed by atoms with van der Waals surface area (Å²) in [5, 5.41) is 0.211. The molecule has 1 rings (SSSR count). The van der Waals surface area contributed by atoms with Crippen LogP contribution in [0.25, 0.3) is 0 Å². The number of alkyl halides is 3. The summed E-state index contributed by atoms with van der Waals surface area (Å²) in [4.78, 5) is 0. The fraction of sp³-hybridized carbons (Fsp3) is 0.667. The molecule has 0 radical (unpaired) electrons. The van der Waals surface area contributed by atoms with E-state index in [-0.39, 0.29) is 5.01 Å². The van der Waals surface area contributed by atoms with Gasteiger partial charge in [-0.2, -0.15) is 0 Å². The summed E-state index contributed by atoms with van der Waals surface area (Å²) >= 11 is 3.21. The SMILES string of the molecule is CC(F)OC(C)c1ccccc1C(C)OC(C)F.CCOC(C)Br. The van der Waals surface area contributed by atoms with Crippen LogP contribution in [0.4, 0.5) is 8.78 Å². The number of benzene rings is 1. The van der Waals surface area contributed by atoms with Gasteiger partial charge in [0.15, 0.2) is 12.7 Å². The van der Waals surface area contributed by atoms with E-state index in [1.165, 1.54) is 13.8 Å². The van der Waals surface area contributed by atoms with E-state index in [9.17, 15) is 8.78 Å². The first-order chi connectivity index (χ1) is 11.2. The van der Waals surface area contributed by atoms with E-state index in [1.54, 1.807) is 13.8 Å². The molecule has 5 unspecified atom stereocenters. The predicted octanol–water partition coefficient (Wildman–Crippen LogP) is 6.24. The lowest BCUT2D eigenvalue weighted by atomic mass is 9.99. The molecule has 1 aromatic rings. The van der Waals surface area contributed by atoms with Crippen LogP contribution in [-0.2, 0) is 14.2 Å². The molecule has 0 aliphatic heterocycles. The molecule has 0 saturated heterocycles. The van der Waals surface area contributed by atoms with Gasteiger partial charge in [0.2, 0.25) is 0 Å². The van der Waals surface area contributed by atoms with Gasteiger partial charge >= 0.3 is 0 Å². The third-order valence-corrected chi connectivity index (χ3v) is 3.32. The highest BCUT2D eigenvalue weighted by Crippen LogP contribution is 2.29. The van der Waals surface area contributed by atoms with Crippen LogP contribution in [0.1, 0.15) is 64.9 Å². The van der Waals surface area contributed by atoms with Crippen molar-refractivity contribution in [3.63, 3.8) is 0 Å². The molecule has 0 heterocycles. The Bertz CT molecular complexity index is 407. The van der Waals surface area contributed by atoms with E-state index in [2.05, 4.69) is 15.9 Å². The second kappa shape index (κ2) is 12.8. The summed E-state index contributed by atoms with van der Waals surface area (Å²) in [6.07, 6.45) is -3.49. The standard InChI is InChI=1S/C14H20F2O2.C4H9BrO/c1-9(17-11(3)15)13-7-5-6-8-14(13)10(2)18-12(4)16;1-3-6-4(2)5/h5-12H,1-4H3;4H,3H2,1-2H3. The molecule has 1 aromatic carbocycles. The summed E-state index contributed by atoms with van der Waals surface area (Å²) < 4.78 is 40.9. The van der Waals surface area contributed by atoms with Gasteiger partial charge in [-0.15, -0.1) is 0 Å². The van der Waals surface area contributed by atoms with E-state index in [0.717, 1.165) is 17.7 Å². The molecule has 0 N–H and O–H groups in total. The van der Waals surface area contributed by atoms with Crippen molar-refractivity contribution in [1.82, 2.24) is 0 Å². The largest absolute Gasteiger partial charge is 0.368 e. The second-order valence-electron chi connectivity index (χ2n) is 5.27. The lowest BCUT2D eigenvalue weighted by Gasteiger charge is -2.22. The molecule has 0 aliphatic carbocycles. The van der Waals surface area contributed by atoms with Crippen molar-refractivity contribution in [2.75, 3.05) is 6.61 Å². The highest BCUT2D eigenvalue weighted by atomic mass is 79.9. The van der Waals surface area contributed by atoms with Gasteiger partial charge in [-0.3, -0.25) is 0 Å². The Hall–Kier alpha value is -0.560. The third kappa shape index (κ3) is 10.3. The van der Waals surface area contributed by atoms with Gasteiger partial charge in [-0.05, 0) is 52.7 Å². The van der Waals surface area contributed by atoms with Crippen LogP contribution in [0.15, 0.2) is 24.3 Å². The van der Waals surface area contributed by atoms with Crippen LogP contribution in [0.3, 0.4) is 0 Å². The summed E-state index contributed by atoms with van der Waals surface area (Å²) in [6.45, 7) is 10.9. The zero-order valence-corrected chi connectivity index (χ0v) is 16.8. The maximum absolute atomic E-state index is 12.9. The van der Waals surface area contributed by atoms with Crippen LogP contribution >= 0.6 is 15.9 Å². The topological polar surface area (TPSA) is 27.7 Å². The Morgan fingerprint density at radius 1 is 0.875 bits per heavy atom. The van der Waals surface area contributed by atoms with Gasteiger partial charge in [0.1, 0.15) is 5.01 Å². The van der Waals surface area contributed by atoms with E-state index in [1.807, 2.05) is 38.1 Å². The van der Waals surface area contributed by atoms with Crippen molar-refractivity contribution >= 4 is 15.9 Å². The van der Waals surface area contributed by atoms with Crippen molar-refractivity contribution in [3.05, 3.63) is 35.4 Å². The molecular weight excluding hydrogens is 382 g/mol. The smallest absolute Gasteiger partial charge is 0.196 e. The minimum absolute atomic E-state index is 0.211. The Morgan fingerprint density at radius 2 is 1.25 bits per heavy atom. The quantitative estimate of drug-likeness (QED) is 0.474. The van der Waals surface area contributed by atoms with E-state index < -0.39 is 24.9 Å². The molecule has 24 heavy (non-hydrogen) atoms. The molecule has 0 aliphatic rings. The van der Waals surface area contributed by atoms with Crippen LogP contribution in [0.2, 0.25) is 0 Å². The molecule has 0 fully saturated rings. The van der Waals surface area contributed by atoms with Crippen molar-refractivity contribution in [2.24, 2.45) is 0 Å². The number of halogens is 3. The minimum atomic E-state index is -1.34. The van der Waals surface area contributed by atoms with Gasteiger partial charge in [-0.1, -0.05) is 40.2 Å². The zero-order chi connectivity index (χ0) is 18.7. The highest BCUT2D eigenvalue weighted by molar-refractivity contribution is 9.09. The maximum Gasteiger partial charge on any atom is 0.196 e. The summed E-state index contributed by atoms with van der Waals surface area (Å²) in [5.41, 5.74) is 1.63. The second-order valence-corrected chi connectivity index (χ2v) is 6.56. The average Bonchev–Trinajstić information content (AvgIpc) is 2.46. The molecule has 0 saturated carbocycles. The Morgan fingerprint density at radius 3 is 1.46 bits per heavy atom. The van der Waals surface area contributed by atoms with Crippen LogP contribution < -0.4 is 0 Å². The fourth-order valence-electron chi connectivity index (χ4n) is 2.19. The Kier molecular flexibility index (Phi) is 12.5. The minimum Gasteiger partial charge on any atom is -0.368 e. The molecule has 0 spiro atoms. The number of ether oxygens (including phenoxy) is 3. The average molecular weight is 411 g/mol. The molecule has 5 atom stereocenters. The lowest BCUT2D eigenvalue weighted by molar-refractivity contribution is -0.0781.